The number of rotatable bonds is 13. The van der Waals surface area contributed by atoms with E-state index in [2.05, 4.69) is 46.2 Å². The van der Waals surface area contributed by atoms with Gasteiger partial charge in [-0.1, -0.05) is 19.4 Å². The first-order valence-corrected chi connectivity index (χ1v) is 18.3. The molecular weight excluding hydrogens is 384 g/mol. The minimum atomic E-state index is -2.52. The van der Waals surface area contributed by atoms with Gasteiger partial charge in [-0.2, -0.15) is 0 Å². The third-order valence-electron chi connectivity index (χ3n) is 2.97. The average Bonchev–Trinajstić information content (AvgIpc) is 2.42. The second-order valence-corrected chi connectivity index (χ2v) is 21.1. The van der Waals surface area contributed by atoms with Gasteiger partial charge in [0.05, 0.1) is 12.8 Å². The summed E-state index contributed by atoms with van der Waals surface area (Å²) in [6.45, 7) is 16.8. The van der Waals surface area contributed by atoms with Gasteiger partial charge in [-0.25, -0.2) is 4.79 Å². The van der Waals surface area contributed by atoms with Gasteiger partial charge >= 0.3 is 14.5 Å². The van der Waals surface area contributed by atoms with Crippen molar-refractivity contribution in [1.82, 2.24) is 0 Å². The zero-order valence-corrected chi connectivity index (χ0v) is 20.8. The number of esters is 1. The predicted molar refractivity (Wildman–Crippen MR) is 112 cm³/mol. The van der Waals surface area contributed by atoms with Crippen molar-refractivity contribution >= 4 is 31.2 Å². The van der Waals surface area contributed by atoms with E-state index in [1.807, 2.05) is 0 Å². The quantitative estimate of drug-likeness (QED) is 0.278. The van der Waals surface area contributed by atoms with Gasteiger partial charge in [-0.05, 0) is 52.2 Å². The van der Waals surface area contributed by atoms with Crippen LogP contribution in [0.2, 0.25) is 45.3 Å². The van der Waals surface area contributed by atoms with Crippen molar-refractivity contribution in [1.29, 1.82) is 0 Å². The lowest BCUT2D eigenvalue weighted by atomic mass is 10.4. The number of aliphatic hydroxyl groups is 1. The summed E-state index contributed by atoms with van der Waals surface area (Å²) in [5.74, 6) is -0.467. The molecule has 154 valence electrons. The molecule has 0 fully saturated rings. The molecule has 0 saturated carbocycles. The SMILES string of the molecule is CC=CC(=O)OCC(O)COC[Si](CCC)(O[Si](C)(C)C)O[Si](C)(C)C. The summed E-state index contributed by atoms with van der Waals surface area (Å²) in [4.78, 5) is 11.3. The molecule has 0 saturated heterocycles. The van der Waals surface area contributed by atoms with E-state index in [9.17, 15) is 9.90 Å². The molecule has 1 atom stereocenters. The van der Waals surface area contributed by atoms with Gasteiger partial charge in [0.2, 0.25) is 0 Å². The van der Waals surface area contributed by atoms with E-state index >= 15 is 0 Å². The number of aliphatic hydroxyl groups excluding tert-OH is 1. The molecule has 0 aromatic rings. The molecule has 1 unspecified atom stereocenters. The van der Waals surface area contributed by atoms with E-state index < -0.39 is 37.3 Å². The molecule has 0 aromatic heterocycles. The minimum Gasteiger partial charge on any atom is -0.460 e. The summed E-state index contributed by atoms with van der Waals surface area (Å²) >= 11 is 0. The Kier molecular flexibility index (Phi) is 11.4. The van der Waals surface area contributed by atoms with Crippen LogP contribution in [0.15, 0.2) is 12.2 Å². The molecule has 0 spiro atoms. The lowest BCUT2D eigenvalue weighted by Crippen LogP contribution is -2.58. The number of carbonyl (C=O) groups excluding carboxylic acids is 1. The van der Waals surface area contributed by atoms with Gasteiger partial charge in [-0.3, -0.25) is 0 Å². The van der Waals surface area contributed by atoms with E-state index in [0.29, 0.717) is 6.23 Å². The number of allylic oxidation sites excluding steroid dienone is 1. The van der Waals surface area contributed by atoms with Gasteiger partial charge in [0, 0.05) is 6.08 Å². The first kappa shape index (κ1) is 25.7. The Bertz CT molecular complexity index is 427. The summed E-state index contributed by atoms with van der Waals surface area (Å²) < 4.78 is 23.8. The zero-order valence-electron chi connectivity index (χ0n) is 17.8. The van der Waals surface area contributed by atoms with E-state index in [1.54, 1.807) is 13.0 Å². The lowest BCUT2D eigenvalue weighted by molar-refractivity contribution is -0.141. The first-order chi connectivity index (χ1) is 11.8. The molecule has 0 bridgehead atoms. The number of carbonyl (C=O) groups is 1. The number of ether oxygens (including phenoxy) is 2. The molecule has 0 amide bonds. The summed E-state index contributed by atoms with van der Waals surface area (Å²) in [5, 5.41) is 9.98. The third-order valence-corrected chi connectivity index (χ3v) is 12.7. The largest absolute Gasteiger partial charge is 0.460 e. The van der Waals surface area contributed by atoms with Crippen LogP contribution in [0.1, 0.15) is 20.3 Å². The fraction of sp³-hybridized carbons (Fsp3) is 0.824. The fourth-order valence-electron chi connectivity index (χ4n) is 2.51. The van der Waals surface area contributed by atoms with Gasteiger partial charge in [-0.15, -0.1) is 0 Å². The van der Waals surface area contributed by atoms with Crippen molar-refractivity contribution in [2.24, 2.45) is 0 Å². The third kappa shape index (κ3) is 13.0. The molecule has 1 N–H and O–H groups in total. The Labute approximate surface area is 162 Å². The number of hydrogen-bond acceptors (Lipinski definition) is 6. The fourth-order valence-corrected chi connectivity index (χ4v) is 14.6. The van der Waals surface area contributed by atoms with Crippen LogP contribution >= 0.6 is 0 Å². The van der Waals surface area contributed by atoms with Crippen LogP contribution in [0, 0.1) is 0 Å². The van der Waals surface area contributed by atoms with E-state index in [0.717, 1.165) is 12.5 Å². The Hall–Kier alpha value is -0.299. The van der Waals surface area contributed by atoms with Crippen LogP contribution in [0.5, 0.6) is 0 Å². The molecule has 26 heavy (non-hydrogen) atoms. The Morgan fingerprint density at radius 2 is 1.58 bits per heavy atom. The van der Waals surface area contributed by atoms with Crippen molar-refractivity contribution in [3.05, 3.63) is 12.2 Å². The van der Waals surface area contributed by atoms with Gasteiger partial charge in [0.25, 0.3) is 0 Å². The van der Waals surface area contributed by atoms with Crippen molar-refractivity contribution in [3.63, 3.8) is 0 Å². The monoisotopic (exact) mass is 422 g/mol. The van der Waals surface area contributed by atoms with Crippen molar-refractivity contribution in [2.75, 3.05) is 19.4 Å². The molecule has 0 heterocycles. The maximum Gasteiger partial charge on any atom is 0.344 e. The zero-order chi connectivity index (χ0) is 20.4. The number of hydrogen-bond donors (Lipinski definition) is 1. The van der Waals surface area contributed by atoms with E-state index in [1.165, 1.54) is 6.08 Å². The van der Waals surface area contributed by atoms with E-state index in [-0.39, 0.29) is 13.2 Å². The molecule has 6 nitrogen and oxygen atoms in total. The Morgan fingerprint density at radius 3 is 2.00 bits per heavy atom. The van der Waals surface area contributed by atoms with Crippen molar-refractivity contribution < 1.29 is 27.6 Å². The topological polar surface area (TPSA) is 74.2 Å². The smallest absolute Gasteiger partial charge is 0.344 e. The van der Waals surface area contributed by atoms with Crippen LogP contribution < -0.4 is 0 Å². The minimum absolute atomic E-state index is 0.0880. The van der Waals surface area contributed by atoms with Crippen LogP contribution in [0.25, 0.3) is 0 Å². The highest BCUT2D eigenvalue weighted by Crippen LogP contribution is 2.26. The van der Waals surface area contributed by atoms with Gasteiger partial charge in [0.15, 0.2) is 16.6 Å². The maximum atomic E-state index is 11.3. The molecular formula is C17H38O6Si3. The molecule has 0 aliphatic rings. The second-order valence-electron chi connectivity index (χ2n) is 8.39. The van der Waals surface area contributed by atoms with Crippen molar-refractivity contribution in [2.45, 2.75) is 71.7 Å². The van der Waals surface area contributed by atoms with Crippen LogP contribution in [-0.2, 0) is 22.5 Å². The molecule has 0 aliphatic heterocycles. The highest BCUT2D eigenvalue weighted by molar-refractivity contribution is 6.88. The summed E-state index contributed by atoms with van der Waals surface area (Å²) in [7, 11) is -6.13. The summed E-state index contributed by atoms with van der Waals surface area (Å²) in [5.41, 5.74) is 0. The van der Waals surface area contributed by atoms with Crippen molar-refractivity contribution in [3.8, 4) is 0 Å². The lowest BCUT2D eigenvalue weighted by Gasteiger charge is -2.40. The Morgan fingerprint density at radius 1 is 1.04 bits per heavy atom. The molecule has 0 rings (SSSR count). The first-order valence-electron chi connectivity index (χ1n) is 9.28. The standard InChI is InChI=1S/C17H38O6Si3/c1-9-11-17(19)21-14-16(18)13-20-15-26(12-10-2,22-24(3,4)5)23-25(6,7)8/h9,11,16,18H,10,12-15H2,1-8H3. The average molecular weight is 423 g/mol. The highest BCUT2D eigenvalue weighted by Gasteiger charge is 2.44. The summed E-state index contributed by atoms with van der Waals surface area (Å²) in [6, 6.07) is 0.869. The van der Waals surface area contributed by atoms with Crippen LogP contribution in [-0.4, -0.2) is 61.8 Å². The van der Waals surface area contributed by atoms with Gasteiger partial charge < -0.3 is 22.8 Å². The summed E-state index contributed by atoms with van der Waals surface area (Å²) in [6.07, 6.45) is 3.40. The maximum absolute atomic E-state index is 11.3. The van der Waals surface area contributed by atoms with Crippen LogP contribution in [0.3, 0.4) is 0 Å². The molecule has 0 aromatic carbocycles. The molecule has 9 heteroatoms. The predicted octanol–water partition coefficient (Wildman–Crippen LogP) is 3.58. The molecule has 0 radical (unpaired) electrons. The highest BCUT2D eigenvalue weighted by atomic mass is 28.5. The normalized spacial score (nSPS) is 14.7. The molecule has 0 aliphatic carbocycles. The van der Waals surface area contributed by atoms with Crippen LogP contribution in [0.4, 0.5) is 0 Å². The second kappa shape index (κ2) is 11.5. The Balaban J connectivity index is 4.82. The van der Waals surface area contributed by atoms with Gasteiger partial charge in [0.1, 0.15) is 12.7 Å². The van der Waals surface area contributed by atoms with E-state index in [4.69, 9.17) is 17.7 Å².